The molecule has 90 valence electrons. The zero-order valence-corrected chi connectivity index (χ0v) is 8.97. The van der Waals surface area contributed by atoms with E-state index in [0.29, 0.717) is 6.54 Å². The van der Waals surface area contributed by atoms with E-state index in [1.165, 1.54) is 12.1 Å². The second-order valence-electron chi connectivity index (χ2n) is 3.37. The topological polar surface area (TPSA) is 21.3 Å². The van der Waals surface area contributed by atoms with E-state index in [-0.39, 0.29) is 5.75 Å². The van der Waals surface area contributed by atoms with Gasteiger partial charge in [-0.25, -0.2) is 0 Å². The van der Waals surface area contributed by atoms with Crippen LogP contribution >= 0.6 is 0 Å². The second kappa shape index (κ2) is 5.75. The SMILES string of the molecule is CCCNCc1ccc(OC(F)(F)F)cc1. The molecule has 0 amide bonds. The lowest BCUT2D eigenvalue weighted by Crippen LogP contribution is -2.17. The van der Waals surface area contributed by atoms with Crippen LogP contribution in [0.3, 0.4) is 0 Å². The molecule has 0 radical (unpaired) electrons. The molecule has 0 unspecified atom stereocenters. The highest BCUT2D eigenvalue weighted by molar-refractivity contribution is 5.27. The summed E-state index contributed by atoms with van der Waals surface area (Å²) in [6.45, 7) is 3.59. The first-order valence-electron chi connectivity index (χ1n) is 5.06. The van der Waals surface area contributed by atoms with Gasteiger partial charge in [0.15, 0.2) is 0 Å². The van der Waals surface area contributed by atoms with E-state index in [4.69, 9.17) is 0 Å². The van der Waals surface area contributed by atoms with Crippen LogP contribution in [0.15, 0.2) is 24.3 Å². The second-order valence-corrected chi connectivity index (χ2v) is 3.37. The lowest BCUT2D eigenvalue weighted by Gasteiger charge is -2.09. The summed E-state index contributed by atoms with van der Waals surface area (Å²) in [5, 5.41) is 3.16. The van der Waals surface area contributed by atoms with Crippen LogP contribution in [0.1, 0.15) is 18.9 Å². The Kier molecular flexibility index (Phi) is 4.61. The molecular formula is C11H14F3NO. The van der Waals surface area contributed by atoms with Crippen molar-refractivity contribution in [2.45, 2.75) is 26.3 Å². The van der Waals surface area contributed by atoms with Gasteiger partial charge in [-0.1, -0.05) is 19.1 Å². The molecule has 16 heavy (non-hydrogen) atoms. The first kappa shape index (κ1) is 12.8. The maximum Gasteiger partial charge on any atom is 0.573 e. The zero-order chi connectivity index (χ0) is 12.0. The molecule has 2 nitrogen and oxygen atoms in total. The molecular weight excluding hydrogens is 219 g/mol. The third kappa shape index (κ3) is 5.02. The highest BCUT2D eigenvalue weighted by atomic mass is 19.4. The molecule has 1 aromatic carbocycles. The summed E-state index contributed by atoms with van der Waals surface area (Å²) in [5.41, 5.74) is 0.933. The van der Waals surface area contributed by atoms with Crippen LogP contribution < -0.4 is 10.1 Å². The first-order valence-corrected chi connectivity index (χ1v) is 5.06. The summed E-state index contributed by atoms with van der Waals surface area (Å²) in [4.78, 5) is 0. The van der Waals surface area contributed by atoms with Gasteiger partial charge in [0.1, 0.15) is 5.75 Å². The number of nitrogens with one attached hydrogen (secondary N) is 1. The molecule has 0 aliphatic carbocycles. The molecule has 0 aromatic heterocycles. The fourth-order valence-electron chi connectivity index (χ4n) is 1.22. The van der Waals surface area contributed by atoms with Crippen molar-refractivity contribution in [3.8, 4) is 5.75 Å². The van der Waals surface area contributed by atoms with Gasteiger partial charge in [0.05, 0.1) is 0 Å². The summed E-state index contributed by atoms with van der Waals surface area (Å²) in [5.74, 6) is -0.188. The Bertz CT molecular complexity index is 308. The standard InChI is InChI=1S/C11H14F3NO/c1-2-7-15-8-9-3-5-10(6-4-9)16-11(12,13)14/h3-6,15H,2,7-8H2,1H3. The summed E-state index contributed by atoms with van der Waals surface area (Å²) in [6, 6.07) is 5.86. The molecule has 0 fully saturated rings. The van der Waals surface area contributed by atoms with E-state index >= 15 is 0 Å². The van der Waals surface area contributed by atoms with E-state index in [2.05, 4.69) is 10.1 Å². The molecule has 0 bridgehead atoms. The number of hydrogen-bond acceptors (Lipinski definition) is 2. The average molecular weight is 233 g/mol. The van der Waals surface area contributed by atoms with Crippen molar-refractivity contribution in [2.24, 2.45) is 0 Å². The number of hydrogen-bond donors (Lipinski definition) is 1. The molecule has 1 aromatic rings. The largest absolute Gasteiger partial charge is 0.573 e. The van der Waals surface area contributed by atoms with Crippen LogP contribution in [0, 0.1) is 0 Å². The van der Waals surface area contributed by atoms with Gasteiger partial charge in [-0.05, 0) is 30.7 Å². The Morgan fingerprint density at radius 2 is 1.81 bits per heavy atom. The van der Waals surface area contributed by atoms with Crippen molar-refractivity contribution in [2.75, 3.05) is 6.54 Å². The normalized spacial score (nSPS) is 11.5. The van der Waals surface area contributed by atoms with Gasteiger partial charge in [0.2, 0.25) is 0 Å². The van der Waals surface area contributed by atoms with Crippen LogP contribution in [0.2, 0.25) is 0 Å². The van der Waals surface area contributed by atoms with Gasteiger partial charge in [-0.15, -0.1) is 13.2 Å². The zero-order valence-electron chi connectivity index (χ0n) is 8.97. The minimum atomic E-state index is -4.62. The van der Waals surface area contributed by atoms with Crippen molar-refractivity contribution in [1.29, 1.82) is 0 Å². The molecule has 1 N–H and O–H groups in total. The molecule has 1 rings (SSSR count). The third-order valence-corrected chi connectivity index (χ3v) is 1.91. The summed E-state index contributed by atoms with van der Waals surface area (Å²) >= 11 is 0. The highest BCUT2D eigenvalue weighted by Crippen LogP contribution is 2.22. The summed E-state index contributed by atoms with van der Waals surface area (Å²) in [7, 11) is 0. The summed E-state index contributed by atoms with van der Waals surface area (Å²) < 4.78 is 39.3. The Hall–Kier alpha value is -1.23. The van der Waals surface area contributed by atoms with Gasteiger partial charge in [0, 0.05) is 6.54 Å². The van der Waals surface area contributed by atoms with Crippen LogP contribution in [-0.4, -0.2) is 12.9 Å². The Balaban J connectivity index is 2.48. The molecule has 0 saturated heterocycles. The maximum absolute atomic E-state index is 11.9. The fraction of sp³-hybridized carbons (Fsp3) is 0.455. The summed E-state index contributed by atoms with van der Waals surface area (Å²) in [6.07, 6.45) is -3.60. The number of halogens is 3. The van der Waals surface area contributed by atoms with Crippen molar-refractivity contribution in [3.63, 3.8) is 0 Å². The minimum absolute atomic E-state index is 0.188. The number of benzene rings is 1. The quantitative estimate of drug-likeness (QED) is 0.789. The Morgan fingerprint density at radius 3 is 2.31 bits per heavy atom. The van der Waals surface area contributed by atoms with Gasteiger partial charge >= 0.3 is 6.36 Å². The van der Waals surface area contributed by atoms with Crippen molar-refractivity contribution >= 4 is 0 Å². The van der Waals surface area contributed by atoms with E-state index < -0.39 is 6.36 Å². The highest BCUT2D eigenvalue weighted by Gasteiger charge is 2.30. The van der Waals surface area contributed by atoms with E-state index in [1.807, 2.05) is 6.92 Å². The molecule has 0 spiro atoms. The predicted octanol–water partition coefficient (Wildman–Crippen LogP) is 3.08. The van der Waals surface area contributed by atoms with E-state index in [0.717, 1.165) is 18.5 Å². The first-order chi connectivity index (χ1) is 7.51. The molecule has 0 aliphatic rings. The third-order valence-electron chi connectivity index (χ3n) is 1.91. The predicted molar refractivity (Wildman–Crippen MR) is 55.1 cm³/mol. The smallest absolute Gasteiger partial charge is 0.406 e. The molecule has 5 heteroatoms. The van der Waals surface area contributed by atoms with Crippen molar-refractivity contribution in [1.82, 2.24) is 5.32 Å². The van der Waals surface area contributed by atoms with E-state index in [9.17, 15) is 13.2 Å². The minimum Gasteiger partial charge on any atom is -0.406 e. The lowest BCUT2D eigenvalue weighted by atomic mass is 10.2. The van der Waals surface area contributed by atoms with E-state index in [1.54, 1.807) is 12.1 Å². The molecule has 0 saturated carbocycles. The Labute approximate surface area is 92.4 Å². The molecule has 0 heterocycles. The van der Waals surface area contributed by atoms with Crippen LogP contribution in [-0.2, 0) is 6.54 Å². The van der Waals surface area contributed by atoms with Crippen molar-refractivity contribution in [3.05, 3.63) is 29.8 Å². The Morgan fingerprint density at radius 1 is 1.19 bits per heavy atom. The van der Waals surface area contributed by atoms with Crippen molar-refractivity contribution < 1.29 is 17.9 Å². The molecule has 0 aliphatic heterocycles. The molecule has 0 atom stereocenters. The number of alkyl halides is 3. The van der Waals surface area contributed by atoms with Gasteiger partial charge in [-0.2, -0.15) is 0 Å². The van der Waals surface area contributed by atoms with Crippen LogP contribution in [0.25, 0.3) is 0 Å². The monoisotopic (exact) mass is 233 g/mol. The van der Waals surface area contributed by atoms with Gasteiger partial charge in [0.25, 0.3) is 0 Å². The van der Waals surface area contributed by atoms with Gasteiger partial charge in [-0.3, -0.25) is 0 Å². The van der Waals surface area contributed by atoms with Crippen LogP contribution in [0.5, 0.6) is 5.75 Å². The number of ether oxygens (including phenoxy) is 1. The average Bonchev–Trinajstić information content (AvgIpc) is 2.19. The van der Waals surface area contributed by atoms with Crippen LogP contribution in [0.4, 0.5) is 13.2 Å². The lowest BCUT2D eigenvalue weighted by molar-refractivity contribution is -0.274. The van der Waals surface area contributed by atoms with Gasteiger partial charge < -0.3 is 10.1 Å². The maximum atomic E-state index is 11.9. The fourth-order valence-corrected chi connectivity index (χ4v) is 1.22. The number of rotatable bonds is 5.